The van der Waals surface area contributed by atoms with Crippen molar-refractivity contribution in [2.75, 3.05) is 26.8 Å². The van der Waals surface area contributed by atoms with Crippen molar-refractivity contribution in [3.8, 4) is 0 Å². The van der Waals surface area contributed by atoms with Crippen LogP contribution in [0.1, 0.15) is 11.4 Å². The van der Waals surface area contributed by atoms with Crippen molar-refractivity contribution in [3.05, 3.63) is 35.3 Å². The lowest BCUT2D eigenvalue weighted by Crippen LogP contribution is -2.30. The molecule has 0 bridgehead atoms. The molecule has 1 aliphatic rings. The van der Waals surface area contributed by atoms with Gasteiger partial charge < -0.3 is 19.7 Å². The van der Waals surface area contributed by atoms with Crippen LogP contribution < -0.4 is 0 Å². The molecule has 2 aromatic rings. The highest BCUT2D eigenvalue weighted by atomic mass is 16.5. The molecule has 0 unspecified atom stereocenters. The minimum Gasteiger partial charge on any atom is -0.510 e. The Labute approximate surface area is 122 Å². The second-order valence-electron chi connectivity index (χ2n) is 5.19. The summed E-state index contributed by atoms with van der Waals surface area (Å²) in [5.41, 5.74) is 3.35. The van der Waals surface area contributed by atoms with E-state index in [0.29, 0.717) is 31.1 Å². The first kappa shape index (κ1) is 13.6. The monoisotopic (exact) mass is 286 g/mol. The number of rotatable bonds is 4. The zero-order valence-electron chi connectivity index (χ0n) is 12.1. The van der Waals surface area contributed by atoms with E-state index in [1.54, 1.807) is 12.0 Å². The molecule has 6 heteroatoms. The minimum absolute atomic E-state index is 0.173. The number of H-pyrrole nitrogens is 1. The van der Waals surface area contributed by atoms with E-state index in [-0.39, 0.29) is 11.6 Å². The second kappa shape index (κ2) is 5.21. The van der Waals surface area contributed by atoms with Gasteiger partial charge in [0.1, 0.15) is 17.4 Å². The first-order chi connectivity index (χ1) is 10.1. The number of hydrogen-bond donors (Lipinski definition) is 3. The van der Waals surface area contributed by atoms with Gasteiger partial charge in [-0.05, 0) is 24.6 Å². The smallest absolute Gasteiger partial charge is 0.145 e. The minimum atomic E-state index is 0.173. The summed E-state index contributed by atoms with van der Waals surface area (Å²) in [7, 11) is 1.62. The molecule has 0 saturated heterocycles. The summed E-state index contributed by atoms with van der Waals surface area (Å²) >= 11 is 0. The average molecular weight is 286 g/mol. The molecule has 1 aromatic carbocycles. The van der Waals surface area contributed by atoms with Gasteiger partial charge in [0.25, 0.3) is 0 Å². The zero-order chi connectivity index (χ0) is 15.0. The van der Waals surface area contributed by atoms with Gasteiger partial charge in [0.05, 0.1) is 29.8 Å². The molecular formula is C15H18N4O2. The molecule has 0 radical (unpaired) electrons. The fraction of sp³-hybridized carbons (Fsp3) is 0.333. The van der Waals surface area contributed by atoms with Crippen LogP contribution in [0.3, 0.4) is 0 Å². The molecule has 3 N–H and O–H groups in total. The molecule has 6 nitrogen and oxygen atoms in total. The maximum Gasteiger partial charge on any atom is 0.145 e. The first-order valence-corrected chi connectivity index (χ1v) is 6.82. The van der Waals surface area contributed by atoms with Crippen LogP contribution in [-0.2, 0) is 4.74 Å². The Kier molecular flexibility index (Phi) is 3.39. The summed E-state index contributed by atoms with van der Waals surface area (Å²) in [6.45, 7) is 3.43. The van der Waals surface area contributed by atoms with Gasteiger partial charge in [-0.3, -0.25) is 5.41 Å². The highest BCUT2D eigenvalue weighted by molar-refractivity contribution is 6.23. The molecule has 0 spiro atoms. The molecule has 0 fully saturated rings. The molecule has 0 saturated carbocycles. The Hall–Kier alpha value is -2.34. The molecule has 110 valence electrons. The summed E-state index contributed by atoms with van der Waals surface area (Å²) in [6, 6.07) is 5.93. The van der Waals surface area contributed by atoms with Crippen molar-refractivity contribution in [3.63, 3.8) is 0 Å². The third-order valence-corrected chi connectivity index (χ3v) is 3.62. The molecule has 1 aromatic heterocycles. The molecule has 0 aliphatic carbocycles. The normalized spacial score (nSPS) is 15.5. The number of nitrogens with one attached hydrogen (secondary N) is 2. The van der Waals surface area contributed by atoms with E-state index in [1.807, 2.05) is 25.1 Å². The Morgan fingerprint density at radius 2 is 2.29 bits per heavy atom. The van der Waals surface area contributed by atoms with Gasteiger partial charge in [0, 0.05) is 13.7 Å². The van der Waals surface area contributed by atoms with E-state index in [0.717, 1.165) is 16.6 Å². The number of aliphatic hydroxyl groups is 1. The Morgan fingerprint density at radius 1 is 1.48 bits per heavy atom. The van der Waals surface area contributed by atoms with E-state index in [1.165, 1.54) is 0 Å². The lowest BCUT2D eigenvalue weighted by atomic mass is 10.2. The number of hydrogen-bond acceptors (Lipinski definition) is 4. The number of aryl methyl sites for hydroxylation is 1. The van der Waals surface area contributed by atoms with Crippen LogP contribution in [0.2, 0.25) is 0 Å². The third-order valence-electron chi connectivity index (χ3n) is 3.62. The van der Waals surface area contributed by atoms with Crippen molar-refractivity contribution in [2.45, 2.75) is 6.92 Å². The Bertz CT molecular complexity index is 732. The van der Waals surface area contributed by atoms with Crippen molar-refractivity contribution >= 4 is 22.4 Å². The maximum absolute atomic E-state index is 10.2. The zero-order valence-corrected chi connectivity index (χ0v) is 12.1. The molecule has 0 atom stereocenters. The Morgan fingerprint density at radius 3 is 3.05 bits per heavy atom. The predicted molar refractivity (Wildman–Crippen MR) is 81.6 cm³/mol. The van der Waals surface area contributed by atoms with Crippen molar-refractivity contribution < 1.29 is 9.84 Å². The van der Waals surface area contributed by atoms with Crippen LogP contribution in [0.25, 0.3) is 16.6 Å². The highest BCUT2D eigenvalue weighted by Crippen LogP contribution is 2.27. The van der Waals surface area contributed by atoms with Gasteiger partial charge in [0.15, 0.2) is 0 Å². The summed E-state index contributed by atoms with van der Waals surface area (Å²) in [4.78, 5) is 9.44. The lowest BCUT2D eigenvalue weighted by Gasteiger charge is -2.17. The summed E-state index contributed by atoms with van der Waals surface area (Å²) in [5.74, 6) is 0.991. The lowest BCUT2D eigenvalue weighted by molar-refractivity contribution is 0.177. The van der Waals surface area contributed by atoms with Crippen LogP contribution in [0.4, 0.5) is 0 Å². The molecule has 0 amide bonds. The summed E-state index contributed by atoms with van der Waals surface area (Å²) in [5, 5.41) is 18.4. The van der Waals surface area contributed by atoms with Crippen LogP contribution >= 0.6 is 0 Å². The van der Waals surface area contributed by atoms with E-state index < -0.39 is 0 Å². The largest absolute Gasteiger partial charge is 0.510 e. The molecule has 21 heavy (non-hydrogen) atoms. The predicted octanol–water partition coefficient (Wildman–Crippen LogP) is 2.08. The number of aliphatic hydroxyl groups excluding tert-OH is 1. The maximum atomic E-state index is 10.2. The SMILES string of the molecule is COCCN1CC(O)=C(c2nc3ccc(C)cc3[nH]2)C1=N. The van der Waals surface area contributed by atoms with Gasteiger partial charge in [-0.25, -0.2) is 4.98 Å². The molecule has 2 heterocycles. The topological polar surface area (TPSA) is 85.2 Å². The fourth-order valence-corrected chi connectivity index (χ4v) is 2.52. The number of benzene rings is 1. The van der Waals surface area contributed by atoms with Crippen LogP contribution in [0, 0.1) is 12.3 Å². The van der Waals surface area contributed by atoms with Gasteiger partial charge >= 0.3 is 0 Å². The number of nitrogens with zero attached hydrogens (tertiary/aromatic N) is 2. The first-order valence-electron chi connectivity index (χ1n) is 6.82. The van der Waals surface area contributed by atoms with E-state index >= 15 is 0 Å². The number of aromatic nitrogens is 2. The van der Waals surface area contributed by atoms with E-state index in [4.69, 9.17) is 10.1 Å². The Balaban J connectivity index is 1.94. The quantitative estimate of drug-likeness (QED) is 0.803. The standard InChI is InChI=1S/C15H18N4O2/c1-9-3-4-10-11(7-9)18-15(17-10)13-12(20)8-19(14(13)16)5-6-21-2/h3-4,7,16,20H,5-6,8H2,1-2H3,(H,17,18). The molecule has 1 aliphatic heterocycles. The fourth-order valence-electron chi connectivity index (χ4n) is 2.52. The van der Waals surface area contributed by atoms with Crippen LogP contribution in [0.15, 0.2) is 24.0 Å². The van der Waals surface area contributed by atoms with Crippen molar-refractivity contribution in [2.24, 2.45) is 0 Å². The van der Waals surface area contributed by atoms with Crippen LogP contribution in [0.5, 0.6) is 0 Å². The molecule has 3 rings (SSSR count). The highest BCUT2D eigenvalue weighted by Gasteiger charge is 2.29. The number of fused-ring (bicyclic) bond motifs is 1. The summed E-state index contributed by atoms with van der Waals surface area (Å²) in [6.07, 6.45) is 0. The number of aromatic amines is 1. The second-order valence-corrected chi connectivity index (χ2v) is 5.19. The van der Waals surface area contributed by atoms with Gasteiger partial charge in [-0.15, -0.1) is 0 Å². The van der Waals surface area contributed by atoms with Gasteiger partial charge in [0.2, 0.25) is 0 Å². The van der Waals surface area contributed by atoms with Crippen LogP contribution in [-0.4, -0.2) is 52.6 Å². The van der Waals surface area contributed by atoms with Gasteiger partial charge in [-0.1, -0.05) is 6.07 Å². The van der Waals surface area contributed by atoms with Gasteiger partial charge in [-0.2, -0.15) is 0 Å². The number of methoxy groups -OCH3 is 1. The van der Waals surface area contributed by atoms with E-state index in [9.17, 15) is 5.11 Å². The molecular weight excluding hydrogens is 268 g/mol. The number of amidine groups is 1. The third kappa shape index (κ3) is 2.38. The summed E-state index contributed by atoms with van der Waals surface area (Å²) < 4.78 is 5.03. The van der Waals surface area contributed by atoms with Crippen molar-refractivity contribution in [1.82, 2.24) is 14.9 Å². The average Bonchev–Trinajstić information content (AvgIpc) is 2.96. The van der Waals surface area contributed by atoms with E-state index in [2.05, 4.69) is 9.97 Å². The number of imidazole rings is 1. The van der Waals surface area contributed by atoms with Crippen molar-refractivity contribution in [1.29, 1.82) is 5.41 Å². The number of ether oxygens (including phenoxy) is 1.